The summed E-state index contributed by atoms with van der Waals surface area (Å²) < 4.78 is 0. The highest BCUT2D eigenvalue weighted by Gasteiger charge is 2.40. The SMILES string of the molecule is CC(C)[C@H](NC(=O)CNC(=O)[C@H](CO)NC(=O)[C@@H]1CCCN1C(=O)[C@H](CCCN=C(N)N)NC(=O)[C@H](Cc1cnc[nH]1)NC(=O)[C@H](Cc1ccc(O)cc1)NC(=O)[C@H](CC(N)=O)NC(=O)CNC(=O)[C@@H](N)Cc1ccc(O)cc1)C(=O)O. The number of hydrogen-bond acceptors (Lipinski definition) is 17. The molecule has 31 heteroatoms. The normalized spacial score (nSPS) is 15.4. The Morgan fingerprint density at radius 1 is 0.695 bits per heavy atom. The van der Waals surface area contributed by atoms with E-state index in [2.05, 4.69) is 57.5 Å². The Morgan fingerprint density at radius 3 is 1.78 bits per heavy atom. The van der Waals surface area contributed by atoms with Crippen LogP contribution in [0.5, 0.6) is 11.5 Å². The van der Waals surface area contributed by atoms with Gasteiger partial charge in [0.2, 0.25) is 59.1 Å². The van der Waals surface area contributed by atoms with Crippen molar-refractivity contribution in [3.8, 4) is 11.5 Å². The number of rotatable bonds is 32. The van der Waals surface area contributed by atoms with Crippen molar-refractivity contribution in [1.29, 1.82) is 0 Å². The standard InChI is InChI=1S/C51H72N16O15/c1-26(2)42(50(81)82)66-41(73)23-59-44(75)37(24-68)65-48(79)38-6-4-16-67(38)49(80)33(5-3-15-57-51(54)55)62-46(77)35(19-29-21-56-25-60-29)64-45(76)34(18-28-9-13-31(70)14-10-28)63-47(78)36(20-39(53)71)61-40(72)22-58-43(74)32(52)17-27-7-11-30(69)12-8-27/h7-14,21,25-26,32-38,42,68-70H,3-6,15-20,22-24,52H2,1-2H3,(H2,53,71)(H,56,60)(H,58,74)(H,59,75)(H,61,72)(H,62,77)(H,63,78)(H,64,76)(H,65,79)(H,66,73)(H,81,82)(H4,54,55,57)/t32-,33-,34-,35-,36-,37-,38-,42-/m0/s1. The Labute approximate surface area is 469 Å². The first-order valence-electron chi connectivity index (χ1n) is 26.0. The van der Waals surface area contributed by atoms with Crippen LogP contribution in [-0.4, -0.2) is 187 Å². The first-order valence-corrected chi connectivity index (χ1v) is 26.0. The van der Waals surface area contributed by atoms with Gasteiger partial charge in [-0.2, -0.15) is 0 Å². The summed E-state index contributed by atoms with van der Waals surface area (Å²) in [6.07, 6.45) is 1.61. The zero-order chi connectivity index (χ0) is 60.6. The quantitative estimate of drug-likeness (QED) is 0.0157. The van der Waals surface area contributed by atoms with Gasteiger partial charge in [0.15, 0.2) is 5.96 Å². The van der Waals surface area contributed by atoms with Crippen molar-refractivity contribution in [2.75, 3.05) is 32.8 Å². The lowest BCUT2D eigenvalue weighted by Gasteiger charge is -2.31. The molecule has 0 saturated carbocycles. The number of aliphatic hydroxyl groups is 1. The van der Waals surface area contributed by atoms with Crippen molar-refractivity contribution in [2.45, 2.75) is 114 Å². The number of aliphatic carboxylic acids is 1. The number of nitrogens with two attached hydrogens (primary N) is 4. The van der Waals surface area contributed by atoms with Crippen LogP contribution in [0.25, 0.3) is 0 Å². The van der Waals surface area contributed by atoms with E-state index in [-0.39, 0.29) is 75.5 Å². The average molecular weight is 1150 g/mol. The lowest BCUT2D eigenvalue weighted by Crippen LogP contribution is -2.60. The number of primary amides is 1. The molecule has 1 aliphatic rings. The summed E-state index contributed by atoms with van der Waals surface area (Å²) in [5, 5.41) is 58.3. The summed E-state index contributed by atoms with van der Waals surface area (Å²) >= 11 is 0. The number of nitrogens with zero attached hydrogens (tertiary/aromatic N) is 3. The minimum absolute atomic E-state index is 0.000304. The number of phenolic OH excluding ortho intramolecular Hbond substituents is 2. The lowest BCUT2D eigenvalue weighted by atomic mass is 10.0. The van der Waals surface area contributed by atoms with Crippen LogP contribution in [0.15, 0.2) is 66.0 Å². The first kappa shape index (κ1) is 65.1. The fraction of sp³-hybridized carbons (Fsp3) is 0.471. The van der Waals surface area contributed by atoms with E-state index in [4.69, 9.17) is 22.9 Å². The monoisotopic (exact) mass is 1150 g/mol. The fourth-order valence-electron chi connectivity index (χ4n) is 8.41. The number of benzene rings is 2. The van der Waals surface area contributed by atoms with Gasteiger partial charge in [-0.3, -0.25) is 52.9 Å². The van der Waals surface area contributed by atoms with E-state index < -0.39 is 145 Å². The van der Waals surface area contributed by atoms with Crippen LogP contribution in [0.1, 0.15) is 62.8 Å². The molecular formula is C51H72N16O15. The van der Waals surface area contributed by atoms with E-state index in [9.17, 15) is 73.2 Å². The van der Waals surface area contributed by atoms with Gasteiger partial charge < -0.3 is 95.8 Å². The number of phenols is 2. The third-order valence-electron chi connectivity index (χ3n) is 12.7. The van der Waals surface area contributed by atoms with Gasteiger partial charge in [0.25, 0.3) is 0 Å². The highest BCUT2D eigenvalue weighted by atomic mass is 16.4. The smallest absolute Gasteiger partial charge is 0.326 e. The van der Waals surface area contributed by atoms with Crippen LogP contribution in [0.3, 0.4) is 0 Å². The minimum atomic E-state index is -1.72. The highest BCUT2D eigenvalue weighted by molar-refractivity contribution is 5.99. The summed E-state index contributed by atoms with van der Waals surface area (Å²) in [5.41, 5.74) is 23.8. The van der Waals surface area contributed by atoms with E-state index in [1.165, 1.54) is 48.9 Å². The number of guanidine groups is 1. The Morgan fingerprint density at radius 2 is 1.24 bits per heavy atom. The molecule has 1 aromatic heterocycles. The number of aliphatic imine (C=N–C) groups is 1. The summed E-state index contributed by atoms with van der Waals surface area (Å²) in [5.74, 6) is -11.5. The van der Waals surface area contributed by atoms with Gasteiger partial charge >= 0.3 is 5.97 Å². The number of amides is 10. The number of carbonyl (C=O) groups is 11. The topological polar surface area (TPSA) is 513 Å². The highest BCUT2D eigenvalue weighted by Crippen LogP contribution is 2.21. The Hall–Kier alpha value is -9.39. The van der Waals surface area contributed by atoms with Crippen LogP contribution >= 0.6 is 0 Å². The average Bonchev–Trinajstić information content (AvgIpc) is 4.22. The molecule has 2 heterocycles. The van der Waals surface area contributed by atoms with Crippen LogP contribution in [0.2, 0.25) is 0 Å². The van der Waals surface area contributed by atoms with Crippen LogP contribution in [0, 0.1) is 5.92 Å². The molecular weight excluding hydrogens is 1080 g/mol. The molecule has 31 nitrogen and oxygen atoms in total. The maximum Gasteiger partial charge on any atom is 0.326 e. The van der Waals surface area contributed by atoms with Crippen molar-refractivity contribution in [2.24, 2.45) is 33.8 Å². The van der Waals surface area contributed by atoms with E-state index in [1.54, 1.807) is 26.0 Å². The molecule has 21 N–H and O–H groups in total. The molecule has 1 aliphatic heterocycles. The van der Waals surface area contributed by atoms with Gasteiger partial charge in [0.1, 0.15) is 53.8 Å². The van der Waals surface area contributed by atoms with E-state index in [1.807, 2.05) is 0 Å². The number of aromatic hydroxyl groups is 2. The molecule has 2 aromatic carbocycles. The molecule has 8 atom stereocenters. The molecule has 1 fully saturated rings. The lowest BCUT2D eigenvalue weighted by molar-refractivity contribution is -0.143. The van der Waals surface area contributed by atoms with Crippen LogP contribution in [0.4, 0.5) is 0 Å². The number of H-pyrrole nitrogens is 1. The Kier molecular flexibility index (Phi) is 25.4. The van der Waals surface area contributed by atoms with E-state index in [0.29, 0.717) is 16.8 Å². The van der Waals surface area contributed by atoms with Crippen molar-refractivity contribution < 1.29 is 73.2 Å². The van der Waals surface area contributed by atoms with Crippen molar-refractivity contribution in [3.63, 3.8) is 0 Å². The van der Waals surface area contributed by atoms with Crippen LogP contribution < -0.4 is 65.5 Å². The molecule has 0 bridgehead atoms. The molecule has 0 aliphatic carbocycles. The van der Waals surface area contributed by atoms with Gasteiger partial charge in [-0.1, -0.05) is 38.1 Å². The summed E-state index contributed by atoms with van der Waals surface area (Å²) in [4.78, 5) is 159. The molecule has 82 heavy (non-hydrogen) atoms. The number of carboxylic acid groups (broad SMARTS) is 1. The van der Waals surface area contributed by atoms with Crippen molar-refractivity contribution in [3.05, 3.63) is 77.9 Å². The fourth-order valence-corrected chi connectivity index (χ4v) is 8.41. The molecule has 10 amide bonds. The number of carbonyl (C=O) groups excluding carboxylic acids is 10. The molecule has 0 unspecified atom stereocenters. The Balaban J connectivity index is 1.55. The molecule has 3 aromatic rings. The summed E-state index contributed by atoms with van der Waals surface area (Å²) in [6.45, 7) is 0.754. The predicted octanol–water partition coefficient (Wildman–Crippen LogP) is -6.03. The van der Waals surface area contributed by atoms with Crippen LogP contribution in [-0.2, 0) is 72.0 Å². The van der Waals surface area contributed by atoms with E-state index in [0.717, 1.165) is 4.90 Å². The van der Waals surface area contributed by atoms with Gasteiger partial charge in [0.05, 0.1) is 38.5 Å². The Bertz CT molecular complexity index is 2740. The number of likely N-dealkylation sites (tertiary alicyclic amines) is 1. The number of nitrogens with one attached hydrogen (secondary N) is 9. The number of hydrogen-bond donors (Lipinski definition) is 17. The van der Waals surface area contributed by atoms with Crippen molar-refractivity contribution >= 4 is 71.0 Å². The first-order chi connectivity index (χ1) is 38.8. The summed E-state index contributed by atoms with van der Waals surface area (Å²) in [6, 6.07) is -0.164. The third kappa shape index (κ3) is 21.3. The second kappa shape index (κ2) is 32.0. The zero-order valence-electron chi connectivity index (χ0n) is 45.1. The van der Waals surface area contributed by atoms with Gasteiger partial charge in [-0.05, 0) is 73.4 Å². The number of imidazole rings is 1. The number of carboxylic acids is 1. The molecule has 0 radical (unpaired) electrons. The van der Waals surface area contributed by atoms with Gasteiger partial charge in [-0.15, -0.1) is 0 Å². The van der Waals surface area contributed by atoms with Gasteiger partial charge in [0, 0.05) is 37.8 Å². The zero-order valence-corrected chi connectivity index (χ0v) is 45.1. The second-order valence-electron chi connectivity index (χ2n) is 19.5. The van der Waals surface area contributed by atoms with Crippen molar-refractivity contribution in [1.82, 2.24) is 57.4 Å². The summed E-state index contributed by atoms with van der Waals surface area (Å²) in [7, 11) is 0. The minimum Gasteiger partial charge on any atom is -0.508 e. The molecule has 1 saturated heterocycles. The second-order valence-corrected chi connectivity index (χ2v) is 19.5. The predicted molar refractivity (Wildman–Crippen MR) is 290 cm³/mol. The van der Waals surface area contributed by atoms with E-state index >= 15 is 0 Å². The molecule has 446 valence electrons. The van der Waals surface area contributed by atoms with Gasteiger partial charge in [-0.25, -0.2) is 9.78 Å². The number of aliphatic hydroxyl groups excluding tert-OH is 1. The largest absolute Gasteiger partial charge is 0.508 e. The number of aromatic amines is 1. The molecule has 4 rings (SSSR count). The maximum atomic E-state index is 14.6. The maximum absolute atomic E-state index is 14.6. The third-order valence-corrected chi connectivity index (χ3v) is 12.7. The number of aromatic nitrogens is 2. The molecule has 0 spiro atoms.